The van der Waals surface area contributed by atoms with Gasteiger partial charge in [0.1, 0.15) is 0 Å². The van der Waals surface area contributed by atoms with Crippen molar-refractivity contribution in [1.29, 1.82) is 0 Å². The number of nitrogens with one attached hydrogen (secondary N) is 1. The molecule has 1 aliphatic rings. The van der Waals surface area contributed by atoms with Crippen LogP contribution >= 0.6 is 0 Å². The van der Waals surface area contributed by atoms with Crippen molar-refractivity contribution in [1.82, 2.24) is 0 Å². The van der Waals surface area contributed by atoms with Gasteiger partial charge in [0.2, 0.25) is 11.7 Å². The van der Waals surface area contributed by atoms with Crippen LogP contribution < -0.4 is 19.5 Å². The molecule has 0 saturated carbocycles. The van der Waals surface area contributed by atoms with Crippen LogP contribution in [0.3, 0.4) is 0 Å². The Morgan fingerprint density at radius 1 is 1.04 bits per heavy atom. The molecule has 3 rings (SSSR count). The van der Waals surface area contributed by atoms with Crippen LogP contribution in [0.2, 0.25) is 0 Å². The summed E-state index contributed by atoms with van der Waals surface area (Å²) in [5.74, 6) is -0.448. The molecule has 1 unspecified atom stereocenters. The van der Waals surface area contributed by atoms with Gasteiger partial charge in [-0.1, -0.05) is 18.2 Å². The maximum Gasteiger partial charge on any atom is 0.416 e. The van der Waals surface area contributed by atoms with Crippen LogP contribution in [-0.4, -0.2) is 27.2 Å². The van der Waals surface area contributed by atoms with Gasteiger partial charge in [-0.2, -0.15) is 13.2 Å². The number of amides is 1. The first-order valence-corrected chi connectivity index (χ1v) is 8.10. The van der Waals surface area contributed by atoms with Crippen molar-refractivity contribution in [3.8, 4) is 17.2 Å². The second-order valence-corrected chi connectivity index (χ2v) is 6.00. The molecule has 144 valence electrons. The van der Waals surface area contributed by atoms with E-state index in [0.29, 0.717) is 17.0 Å². The SMILES string of the molecule is COc1cc2c(c(OC)c1OC)C(c1ccccc1C(F)(F)F)CC(=O)N2. The lowest BCUT2D eigenvalue weighted by Gasteiger charge is -2.30. The molecule has 8 heteroatoms. The van der Waals surface area contributed by atoms with Gasteiger partial charge in [0.25, 0.3) is 0 Å². The van der Waals surface area contributed by atoms with Gasteiger partial charge in [0, 0.05) is 24.0 Å². The van der Waals surface area contributed by atoms with Crippen LogP contribution in [-0.2, 0) is 11.0 Å². The zero-order chi connectivity index (χ0) is 19.8. The van der Waals surface area contributed by atoms with Crippen molar-refractivity contribution in [3.05, 3.63) is 47.0 Å². The van der Waals surface area contributed by atoms with E-state index in [2.05, 4.69) is 5.32 Å². The molecule has 2 aromatic carbocycles. The second kappa shape index (κ2) is 7.02. The minimum Gasteiger partial charge on any atom is -0.493 e. The fraction of sp³-hybridized carbons (Fsp3) is 0.316. The van der Waals surface area contributed by atoms with E-state index in [4.69, 9.17) is 14.2 Å². The molecule has 0 spiro atoms. The van der Waals surface area contributed by atoms with Gasteiger partial charge in [-0.3, -0.25) is 4.79 Å². The van der Waals surface area contributed by atoms with Crippen molar-refractivity contribution in [2.75, 3.05) is 26.6 Å². The number of carbonyl (C=O) groups excluding carboxylic acids is 1. The van der Waals surface area contributed by atoms with Gasteiger partial charge in [-0.15, -0.1) is 0 Å². The van der Waals surface area contributed by atoms with Crippen molar-refractivity contribution >= 4 is 11.6 Å². The highest BCUT2D eigenvalue weighted by molar-refractivity contribution is 5.97. The number of anilines is 1. The van der Waals surface area contributed by atoms with E-state index in [-0.39, 0.29) is 23.5 Å². The smallest absolute Gasteiger partial charge is 0.416 e. The minimum absolute atomic E-state index is 0.00613. The van der Waals surface area contributed by atoms with Crippen molar-refractivity contribution in [2.45, 2.75) is 18.5 Å². The van der Waals surface area contributed by atoms with Crippen LogP contribution in [0.5, 0.6) is 17.2 Å². The molecule has 0 aliphatic carbocycles. The molecule has 2 aromatic rings. The zero-order valence-electron chi connectivity index (χ0n) is 14.9. The first-order chi connectivity index (χ1) is 12.8. The summed E-state index contributed by atoms with van der Waals surface area (Å²) in [4.78, 5) is 12.2. The number of rotatable bonds is 4. The average Bonchev–Trinajstić information content (AvgIpc) is 2.64. The maximum absolute atomic E-state index is 13.5. The number of methoxy groups -OCH3 is 3. The molecule has 1 aliphatic heterocycles. The third kappa shape index (κ3) is 3.27. The topological polar surface area (TPSA) is 56.8 Å². The van der Waals surface area contributed by atoms with E-state index in [1.165, 1.54) is 45.6 Å². The molecule has 1 atom stereocenters. The fourth-order valence-electron chi connectivity index (χ4n) is 3.44. The monoisotopic (exact) mass is 381 g/mol. The molecule has 5 nitrogen and oxygen atoms in total. The van der Waals surface area contributed by atoms with E-state index in [1.807, 2.05) is 0 Å². The molecule has 27 heavy (non-hydrogen) atoms. The maximum atomic E-state index is 13.5. The van der Waals surface area contributed by atoms with Crippen molar-refractivity contribution < 1.29 is 32.2 Å². The highest BCUT2D eigenvalue weighted by atomic mass is 19.4. The molecule has 0 aromatic heterocycles. The molecule has 1 N–H and O–H groups in total. The molecule has 0 saturated heterocycles. The first-order valence-electron chi connectivity index (χ1n) is 8.10. The molecule has 0 radical (unpaired) electrons. The van der Waals surface area contributed by atoms with E-state index in [1.54, 1.807) is 0 Å². The molecular formula is C19H18F3NO4. The Morgan fingerprint density at radius 3 is 2.30 bits per heavy atom. The lowest BCUT2D eigenvalue weighted by molar-refractivity contribution is -0.138. The predicted octanol–water partition coefficient (Wildman–Crippen LogP) is 4.21. The van der Waals surface area contributed by atoms with Crippen LogP contribution in [0, 0.1) is 0 Å². The first kappa shape index (κ1) is 18.9. The quantitative estimate of drug-likeness (QED) is 0.862. The van der Waals surface area contributed by atoms with Crippen LogP contribution in [0.1, 0.15) is 29.0 Å². The third-order valence-corrected chi connectivity index (χ3v) is 4.52. The van der Waals surface area contributed by atoms with Crippen LogP contribution in [0.25, 0.3) is 0 Å². The summed E-state index contributed by atoms with van der Waals surface area (Å²) in [5.41, 5.74) is -0.0201. The van der Waals surface area contributed by atoms with Crippen LogP contribution in [0.15, 0.2) is 30.3 Å². The number of fused-ring (bicyclic) bond motifs is 1. The number of carbonyl (C=O) groups is 1. The Labute approximate surface area is 154 Å². The number of alkyl halides is 3. The number of ether oxygens (including phenoxy) is 3. The zero-order valence-corrected chi connectivity index (χ0v) is 14.9. The van der Waals surface area contributed by atoms with E-state index >= 15 is 0 Å². The molecule has 1 amide bonds. The normalized spacial score (nSPS) is 16.4. The van der Waals surface area contributed by atoms with Gasteiger partial charge in [0.15, 0.2) is 11.5 Å². The van der Waals surface area contributed by atoms with E-state index < -0.39 is 23.6 Å². The highest BCUT2D eigenvalue weighted by Crippen LogP contribution is 2.52. The lowest BCUT2D eigenvalue weighted by Crippen LogP contribution is -2.26. The van der Waals surface area contributed by atoms with E-state index in [0.717, 1.165) is 6.07 Å². The highest BCUT2D eigenvalue weighted by Gasteiger charge is 2.39. The third-order valence-electron chi connectivity index (χ3n) is 4.52. The fourth-order valence-corrected chi connectivity index (χ4v) is 3.44. The summed E-state index contributed by atoms with van der Waals surface area (Å²) >= 11 is 0. The number of hydrogen-bond donors (Lipinski definition) is 1. The van der Waals surface area contributed by atoms with Crippen molar-refractivity contribution in [3.63, 3.8) is 0 Å². The Balaban J connectivity index is 2.30. The average molecular weight is 381 g/mol. The molecule has 0 fully saturated rings. The number of halogens is 3. The number of hydrogen-bond acceptors (Lipinski definition) is 4. The Bertz CT molecular complexity index is 880. The Hall–Kier alpha value is -2.90. The van der Waals surface area contributed by atoms with Crippen LogP contribution in [0.4, 0.5) is 18.9 Å². The predicted molar refractivity (Wildman–Crippen MR) is 92.6 cm³/mol. The summed E-state index contributed by atoms with van der Waals surface area (Å²) in [6.07, 6.45) is -4.69. The summed E-state index contributed by atoms with van der Waals surface area (Å²) in [5, 5.41) is 2.68. The standard InChI is InChI=1S/C19H18F3NO4/c1-25-14-9-13-16(18(27-3)17(14)26-2)11(8-15(24)23-13)10-6-4-5-7-12(10)19(20,21)22/h4-7,9,11H,8H2,1-3H3,(H,23,24). The van der Waals surface area contributed by atoms with Gasteiger partial charge in [-0.05, 0) is 11.6 Å². The van der Waals surface area contributed by atoms with E-state index in [9.17, 15) is 18.0 Å². The summed E-state index contributed by atoms with van der Waals surface area (Å²) in [6.45, 7) is 0. The van der Waals surface area contributed by atoms with Gasteiger partial charge in [-0.25, -0.2) is 0 Å². The second-order valence-electron chi connectivity index (χ2n) is 6.00. The van der Waals surface area contributed by atoms with Gasteiger partial charge in [0.05, 0.1) is 32.6 Å². The van der Waals surface area contributed by atoms with Crippen molar-refractivity contribution in [2.24, 2.45) is 0 Å². The molecular weight excluding hydrogens is 363 g/mol. The summed E-state index contributed by atoms with van der Waals surface area (Å²) in [7, 11) is 4.22. The van der Waals surface area contributed by atoms with Gasteiger partial charge >= 0.3 is 6.18 Å². The Kier molecular flexibility index (Phi) is 4.91. The van der Waals surface area contributed by atoms with Gasteiger partial charge < -0.3 is 19.5 Å². The Morgan fingerprint density at radius 2 is 1.70 bits per heavy atom. The summed E-state index contributed by atoms with van der Waals surface area (Å²) in [6, 6.07) is 6.75. The summed E-state index contributed by atoms with van der Waals surface area (Å²) < 4.78 is 56.7. The lowest BCUT2D eigenvalue weighted by atomic mass is 9.81. The number of benzene rings is 2. The molecule has 0 bridgehead atoms. The molecule has 1 heterocycles. The largest absolute Gasteiger partial charge is 0.493 e. The minimum atomic E-state index is -4.55.